The van der Waals surface area contributed by atoms with Crippen molar-refractivity contribution < 1.29 is 5.11 Å². The fraction of sp³-hybridized carbons (Fsp3) is 0.750. The van der Waals surface area contributed by atoms with Crippen LogP contribution in [-0.4, -0.2) is 27.5 Å². The van der Waals surface area contributed by atoms with E-state index in [9.17, 15) is 0 Å². The molecule has 1 rings (SSSR count). The minimum absolute atomic E-state index is 0.164. The Morgan fingerprint density at radius 2 is 2.12 bits per heavy atom. The number of hydrogen-bond donors (Lipinski definition) is 2. The zero-order valence-corrected chi connectivity index (χ0v) is 10.6. The largest absolute Gasteiger partial charge is 0.395 e. The summed E-state index contributed by atoms with van der Waals surface area (Å²) in [6.07, 6.45) is 4.88. The van der Waals surface area contributed by atoms with E-state index in [1.807, 2.05) is 10.9 Å². The van der Waals surface area contributed by atoms with Crippen LogP contribution >= 0.6 is 0 Å². The van der Waals surface area contributed by atoms with Gasteiger partial charge in [0.15, 0.2) is 0 Å². The topological polar surface area (TPSA) is 50.1 Å². The van der Waals surface area contributed by atoms with Crippen molar-refractivity contribution in [3.05, 3.63) is 18.0 Å². The summed E-state index contributed by atoms with van der Waals surface area (Å²) in [4.78, 5) is 0. The maximum absolute atomic E-state index is 9.13. The lowest BCUT2D eigenvalue weighted by Gasteiger charge is -2.19. The molecule has 4 heteroatoms. The van der Waals surface area contributed by atoms with Crippen molar-refractivity contribution in [2.75, 3.05) is 6.61 Å². The monoisotopic (exact) mass is 225 g/mol. The van der Waals surface area contributed by atoms with Gasteiger partial charge in [0.05, 0.1) is 12.8 Å². The number of aliphatic hydroxyl groups is 1. The summed E-state index contributed by atoms with van der Waals surface area (Å²) in [5.41, 5.74) is 1.17. The minimum Gasteiger partial charge on any atom is -0.395 e. The zero-order valence-electron chi connectivity index (χ0n) is 10.6. The van der Waals surface area contributed by atoms with Gasteiger partial charge in [-0.2, -0.15) is 5.10 Å². The molecule has 1 aromatic rings. The Labute approximate surface area is 97.7 Å². The third kappa shape index (κ3) is 3.32. The van der Waals surface area contributed by atoms with E-state index in [1.165, 1.54) is 5.56 Å². The fourth-order valence-electron chi connectivity index (χ4n) is 1.61. The lowest BCUT2D eigenvalue weighted by Crippen LogP contribution is -2.33. The Bertz CT molecular complexity index is 305. The van der Waals surface area contributed by atoms with Gasteiger partial charge in [0.25, 0.3) is 0 Å². The SMILES string of the molecule is CC[C@H](CO)NC(C)c1cnn(C(C)C)c1. The van der Waals surface area contributed by atoms with Gasteiger partial charge in [-0.05, 0) is 27.2 Å². The second-order valence-corrected chi connectivity index (χ2v) is 4.52. The molecule has 0 fully saturated rings. The summed E-state index contributed by atoms with van der Waals surface area (Å²) in [7, 11) is 0. The molecule has 0 saturated carbocycles. The zero-order chi connectivity index (χ0) is 12.1. The van der Waals surface area contributed by atoms with E-state index < -0.39 is 0 Å². The van der Waals surface area contributed by atoms with Crippen molar-refractivity contribution in [2.24, 2.45) is 0 Å². The van der Waals surface area contributed by atoms with E-state index in [4.69, 9.17) is 5.11 Å². The lowest BCUT2D eigenvalue weighted by atomic mass is 10.1. The second kappa shape index (κ2) is 6.01. The summed E-state index contributed by atoms with van der Waals surface area (Å²) in [5.74, 6) is 0. The lowest BCUT2D eigenvalue weighted by molar-refractivity contribution is 0.230. The first-order valence-corrected chi connectivity index (χ1v) is 5.99. The van der Waals surface area contributed by atoms with Crippen molar-refractivity contribution >= 4 is 0 Å². The van der Waals surface area contributed by atoms with Crippen LogP contribution in [0.5, 0.6) is 0 Å². The molecule has 4 nitrogen and oxygen atoms in total. The minimum atomic E-state index is 0.164. The molecule has 0 aromatic carbocycles. The average Bonchev–Trinajstić information content (AvgIpc) is 2.74. The predicted octanol–water partition coefficient (Wildman–Crippen LogP) is 1.89. The summed E-state index contributed by atoms with van der Waals surface area (Å²) in [5, 5.41) is 16.8. The predicted molar refractivity (Wildman–Crippen MR) is 65.3 cm³/mol. The van der Waals surface area contributed by atoms with Crippen molar-refractivity contribution in [2.45, 2.75) is 52.2 Å². The number of aliphatic hydroxyl groups excluding tert-OH is 1. The first-order chi connectivity index (χ1) is 7.58. The van der Waals surface area contributed by atoms with E-state index in [1.54, 1.807) is 0 Å². The van der Waals surface area contributed by atoms with Crippen LogP contribution in [0.3, 0.4) is 0 Å². The standard InChI is InChI=1S/C12H23N3O/c1-5-12(8-16)14-10(4)11-6-13-15(7-11)9(2)3/h6-7,9-10,12,14,16H,5,8H2,1-4H3/t10?,12-/m1/s1. The number of rotatable bonds is 6. The van der Waals surface area contributed by atoms with Crippen LogP contribution in [0, 0.1) is 0 Å². The Kier molecular flexibility index (Phi) is 4.96. The molecule has 92 valence electrons. The maximum Gasteiger partial charge on any atom is 0.0584 e. The van der Waals surface area contributed by atoms with Gasteiger partial charge in [-0.25, -0.2) is 0 Å². The smallest absolute Gasteiger partial charge is 0.0584 e. The van der Waals surface area contributed by atoms with E-state index in [-0.39, 0.29) is 18.7 Å². The molecule has 0 aliphatic heterocycles. The fourth-order valence-corrected chi connectivity index (χ4v) is 1.61. The summed E-state index contributed by atoms with van der Waals surface area (Å²) < 4.78 is 1.95. The Hall–Kier alpha value is -0.870. The van der Waals surface area contributed by atoms with Crippen molar-refractivity contribution in [1.82, 2.24) is 15.1 Å². The second-order valence-electron chi connectivity index (χ2n) is 4.52. The Balaban J connectivity index is 2.61. The molecule has 1 unspecified atom stereocenters. The van der Waals surface area contributed by atoms with Crippen molar-refractivity contribution in [1.29, 1.82) is 0 Å². The molecule has 1 heterocycles. The van der Waals surface area contributed by atoms with Crippen molar-refractivity contribution in [3.63, 3.8) is 0 Å². The molecule has 0 aliphatic rings. The highest BCUT2D eigenvalue weighted by molar-refractivity contribution is 5.09. The highest BCUT2D eigenvalue weighted by atomic mass is 16.3. The van der Waals surface area contributed by atoms with Crippen LogP contribution in [0.2, 0.25) is 0 Å². The van der Waals surface area contributed by atoms with Gasteiger partial charge < -0.3 is 10.4 Å². The van der Waals surface area contributed by atoms with Crippen LogP contribution in [0.25, 0.3) is 0 Å². The van der Waals surface area contributed by atoms with Gasteiger partial charge in [0.2, 0.25) is 0 Å². The number of nitrogens with one attached hydrogen (secondary N) is 1. The molecule has 0 bridgehead atoms. The van der Waals surface area contributed by atoms with E-state index >= 15 is 0 Å². The number of nitrogens with zero attached hydrogens (tertiary/aromatic N) is 2. The molecule has 2 atom stereocenters. The van der Waals surface area contributed by atoms with E-state index in [0.29, 0.717) is 6.04 Å². The number of aromatic nitrogens is 2. The van der Waals surface area contributed by atoms with Crippen LogP contribution in [0.1, 0.15) is 51.8 Å². The third-order valence-corrected chi connectivity index (χ3v) is 2.85. The molecule has 0 saturated heterocycles. The highest BCUT2D eigenvalue weighted by Gasteiger charge is 2.13. The first-order valence-electron chi connectivity index (χ1n) is 5.99. The van der Waals surface area contributed by atoms with Crippen LogP contribution in [0.15, 0.2) is 12.4 Å². The van der Waals surface area contributed by atoms with E-state index in [2.05, 4.69) is 44.3 Å². The molecule has 16 heavy (non-hydrogen) atoms. The van der Waals surface area contributed by atoms with Gasteiger partial charge in [-0.3, -0.25) is 4.68 Å². The van der Waals surface area contributed by atoms with Crippen LogP contribution in [0.4, 0.5) is 0 Å². The molecule has 0 radical (unpaired) electrons. The summed E-state index contributed by atoms with van der Waals surface area (Å²) in [6, 6.07) is 0.780. The molecule has 0 spiro atoms. The van der Waals surface area contributed by atoms with Gasteiger partial charge in [0, 0.05) is 29.9 Å². The third-order valence-electron chi connectivity index (χ3n) is 2.85. The van der Waals surface area contributed by atoms with Gasteiger partial charge >= 0.3 is 0 Å². The molecule has 1 aromatic heterocycles. The van der Waals surface area contributed by atoms with E-state index in [0.717, 1.165) is 6.42 Å². The molecule has 2 N–H and O–H groups in total. The summed E-state index contributed by atoms with van der Waals surface area (Å²) in [6.45, 7) is 8.56. The molecule has 0 amide bonds. The molecule has 0 aliphatic carbocycles. The highest BCUT2D eigenvalue weighted by Crippen LogP contribution is 2.14. The number of hydrogen-bond acceptors (Lipinski definition) is 3. The van der Waals surface area contributed by atoms with Gasteiger partial charge in [0.1, 0.15) is 0 Å². The first kappa shape index (κ1) is 13.2. The van der Waals surface area contributed by atoms with Crippen molar-refractivity contribution in [3.8, 4) is 0 Å². The Morgan fingerprint density at radius 1 is 1.44 bits per heavy atom. The average molecular weight is 225 g/mol. The summed E-state index contributed by atoms with van der Waals surface area (Å²) >= 11 is 0. The maximum atomic E-state index is 9.13. The molecular weight excluding hydrogens is 202 g/mol. The van der Waals surface area contributed by atoms with Crippen LogP contribution in [-0.2, 0) is 0 Å². The molecular formula is C12H23N3O. The van der Waals surface area contributed by atoms with Crippen LogP contribution < -0.4 is 5.32 Å². The van der Waals surface area contributed by atoms with Gasteiger partial charge in [-0.15, -0.1) is 0 Å². The normalized spacial score (nSPS) is 15.4. The quantitative estimate of drug-likeness (QED) is 0.777. The Morgan fingerprint density at radius 3 is 2.56 bits per heavy atom. The van der Waals surface area contributed by atoms with Gasteiger partial charge in [-0.1, -0.05) is 6.92 Å².